The second kappa shape index (κ2) is 36.8. The lowest BCUT2D eigenvalue weighted by molar-refractivity contribution is -0.0290. The lowest BCUT2D eigenvalue weighted by atomic mass is 10.2. The minimum atomic E-state index is -0.361. The molecule has 0 aromatic heterocycles. The Morgan fingerprint density at radius 1 is 0.500 bits per heavy atom. The summed E-state index contributed by atoms with van der Waals surface area (Å²) in [5, 5.41) is 3.32. The summed E-state index contributed by atoms with van der Waals surface area (Å²) in [6.07, 6.45) is 2.47. The van der Waals surface area contributed by atoms with Crippen LogP contribution in [0.25, 0.3) is 0 Å². The normalized spacial score (nSPS) is 11.4. The molecular formula is C36H65NO13. The van der Waals surface area contributed by atoms with Crippen molar-refractivity contribution in [3.63, 3.8) is 0 Å². The molecule has 1 aromatic rings. The number of hydrogen-bond acceptors (Lipinski definition) is 14. The van der Waals surface area contributed by atoms with Crippen molar-refractivity contribution in [2.45, 2.75) is 39.7 Å². The van der Waals surface area contributed by atoms with Crippen molar-refractivity contribution in [1.29, 1.82) is 0 Å². The fraction of sp³-hybridized carbons (Fsp3) is 0.806. The molecule has 0 unspecified atom stereocenters. The number of hydrogen-bond donors (Lipinski definition) is 1. The molecule has 0 fully saturated rings. The summed E-state index contributed by atoms with van der Waals surface area (Å²) < 4.78 is 65.3. The van der Waals surface area contributed by atoms with Crippen LogP contribution in [0.4, 0.5) is 5.69 Å². The van der Waals surface area contributed by atoms with Crippen LogP contribution < -0.4 is 5.32 Å². The van der Waals surface area contributed by atoms with Gasteiger partial charge in [0, 0.05) is 12.2 Å². The maximum Gasteiger partial charge on any atom is 0.338 e. The van der Waals surface area contributed by atoms with Gasteiger partial charge in [-0.15, -0.1) is 0 Å². The smallest absolute Gasteiger partial charge is 0.338 e. The Kier molecular flexibility index (Phi) is 33.9. The number of carbonyl (C=O) groups is 1. The number of unbranched alkanes of at least 4 members (excludes halogenated alkanes) is 1. The van der Waals surface area contributed by atoms with Crippen LogP contribution in [0.3, 0.4) is 0 Å². The van der Waals surface area contributed by atoms with Gasteiger partial charge >= 0.3 is 5.97 Å². The van der Waals surface area contributed by atoms with Crippen molar-refractivity contribution in [2.75, 3.05) is 157 Å². The quantitative estimate of drug-likeness (QED) is 0.0782. The van der Waals surface area contributed by atoms with E-state index in [0.717, 1.165) is 25.1 Å². The van der Waals surface area contributed by atoms with Crippen LogP contribution in [0.1, 0.15) is 44.0 Å². The molecule has 0 saturated carbocycles. The minimum Gasteiger partial charge on any atom is -0.460 e. The zero-order valence-electron chi connectivity index (χ0n) is 30.9. The first-order chi connectivity index (χ1) is 24.6. The van der Waals surface area contributed by atoms with Gasteiger partial charge in [0.15, 0.2) is 0 Å². The van der Waals surface area contributed by atoms with E-state index in [2.05, 4.69) is 12.2 Å². The van der Waals surface area contributed by atoms with Gasteiger partial charge in [-0.05, 0) is 44.5 Å². The van der Waals surface area contributed by atoms with Gasteiger partial charge in [0.2, 0.25) is 0 Å². The van der Waals surface area contributed by atoms with E-state index in [1.165, 1.54) is 0 Å². The Morgan fingerprint density at radius 3 is 1.14 bits per heavy atom. The summed E-state index contributed by atoms with van der Waals surface area (Å²) in [7, 11) is 0. The van der Waals surface area contributed by atoms with Gasteiger partial charge in [0.05, 0.1) is 150 Å². The maximum absolute atomic E-state index is 12.1. The third-order valence-corrected chi connectivity index (χ3v) is 6.47. The molecule has 1 rings (SSSR count). The first-order valence-corrected chi connectivity index (χ1v) is 18.0. The van der Waals surface area contributed by atoms with Gasteiger partial charge in [-0.1, -0.05) is 13.3 Å². The monoisotopic (exact) mass is 719 g/mol. The van der Waals surface area contributed by atoms with Crippen LogP contribution in [0.15, 0.2) is 24.3 Å². The van der Waals surface area contributed by atoms with Crippen LogP contribution in [-0.4, -0.2) is 164 Å². The average Bonchev–Trinajstić information content (AvgIpc) is 3.12. The van der Waals surface area contributed by atoms with Crippen molar-refractivity contribution in [2.24, 2.45) is 0 Å². The summed E-state index contributed by atoms with van der Waals surface area (Å²) >= 11 is 0. The Balaban J connectivity index is 1.69. The van der Waals surface area contributed by atoms with Crippen molar-refractivity contribution >= 4 is 11.7 Å². The molecular weight excluding hydrogens is 654 g/mol. The Bertz CT molecular complexity index is 848. The number of esters is 1. The molecule has 0 aliphatic rings. The molecule has 1 N–H and O–H groups in total. The zero-order valence-corrected chi connectivity index (χ0v) is 30.9. The molecule has 0 saturated heterocycles. The highest BCUT2D eigenvalue weighted by Gasteiger charge is 2.07. The highest BCUT2D eigenvalue weighted by molar-refractivity contribution is 5.89. The molecule has 0 radical (unpaired) electrons. The topological polar surface area (TPSA) is 140 Å². The van der Waals surface area contributed by atoms with Crippen molar-refractivity contribution in [1.82, 2.24) is 0 Å². The molecule has 0 spiro atoms. The first kappa shape index (κ1) is 46.1. The highest BCUT2D eigenvalue weighted by Crippen LogP contribution is 2.11. The lowest BCUT2D eigenvalue weighted by Crippen LogP contribution is -2.16. The van der Waals surface area contributed by atoms with Crippen LogP contribution >= 0.6 is 0 Å². The number of nitrogens with one attached hydrogen (secondary N) is 1. The van der Waals surface area contributed by atoms with Gasteiger partial charge in [0.1, 0.15) is 6.61 Å². The van der Waals surface area contributed by atoms with Gasteiger partial charge in [0.25, 0.3) is 0 Å². The SMILES string of the molecule is CCCCNc1ccc(C(=O)OCCOCCOCCOCCOCCOCCOCCOCCOCCOCCOCCOC(C)C)cc1. The third-order valence-electron chi connectivity index (χ3n) is 6.47. The van der Waals surface area contributed by atoms with E-state index in [0.29, 0.717) is 144 Å². The van der Waals surface area contributed by atoms with Crippen LogP contribution in [0.2, 0.25) is 0 Å². The standard InChI is InChI=1S/C36H65NO13/c1-4-5-10-37-35-8-6-34(7-9-35)36(38)50-32-30-48-28-26-46-24-22-44-20-18-42-16-14-40-12-11-39-13-15-41-17-19-43-21-23-45-25-27-47-29-31-49-33(2)3/h6-9,33,37H,4-5,10-32H2,1-3H3. The molecule has 0 heterocycles. The molecule has 0 amide bonds. The van der Waals surface area contributed by atoms with E-state index in [1.807, 2.05) is 26.0 Å². The van der Waals surface area contributed by atoms with E-state index in [9.17, 15) is 4.79 Å². The van der Waals surface area contributed by atoms with E-state index < -0.39 is 0 Å². The Morgan fingerprint density at radius 2 is 0.820 bits per heavy atom. The first-order valence-electron chi connectivity index (χ1n) is 18.0. The Hall–Kier alpha value is -1.95. The highest BCUT2D eigenvalue weighted by atomic mass is 16.6. The number of rotatable bonds is 39. The second-order valence-electron chi connectivity index (χ2n) is 11.0. The molecule has 1 aromatic carbocycles. The zero-order chi connectivity index (χ0) is 36.0. The van der Waals surface area contributed by atoms with Gasteiger partial charge in [-0.25, -0.2) is 4.79 Å². The summed E-state index contributed by atoms with van der Waals surface area (Å²) in [5.74, 6) is -0.361. The summed E-state index contributed by atoms with van der Waals surface area (Å²) in [5.41, 5.74) is 1.51. The van der Waals surface area contributed by atoms with Gasteiger partial charge < -0.3 is 62.2 Å². The van der Waals surface area contributed by atoms with Crippen LogP contribution in [0.5, 0.6) is 0 Å². The van der Waals surface area contributed by atoms with Gasteiger partial charge in [-0.2, -0.15) is 0 Å². The second-order valence-corrected chi connectivity index (χ2v) is 11.0. The minimum absolute atomic E-state index is 0.190. The predicted octanol–water partition coefficient (Wildman–Crippen LogP) is 3.65. The van der Waals surface area contributed by atoms with E-state index in [1.54, 1.807) is 12.1 Å². The third kappa shape index (κ3) is 32.0. The summed E-state index contributed by atoms with van der Waals surface area (Å²) in [4.78, 5) is 12.1. The number of carbonyl (C=O) groups excluding carboxylic acids is 1. The van der Waals surface area contributed by atoms with Crippen molar-refractivity contribution in [3.05, 3.63) is 29.8 Å². The number of ether oxygens (including phenoxy) is 12. The lowest BCUT2D eigenvalue weighted by Gasteiger charge is -2.09. The Labute approximate surface area is 299 Å². The molecule has 0 atom stereocenters. The molecule has 14 nitrogen and oxygen atoms in total. The van der Waals surface area contributed by atoms with Crippen molar-refractivity contribution < 1.29 is 61.6 Å². The van der Waals surface area contributed by atoms with E-state index >= 15 is 0 Å². The van der Waals surface area contributed by atoms with E-state index in [-0.39, 0.29) is 18.7 Å². The molecule has 0 aliphatic heterocycles. The molecule has 0 bridgehead atoms. The maximum atomic E-state index is 12.1. The fourth-order valence-electron chi connectivity index (χ4n) is 3.83. The number of benzene rings is 1. The average molecular weight is 720 g/mol. The molecule has 14 heteroatoms. The van der Waals surface area contributed by atoms with Crippen LogP contribution in [-0.2, 0) is 56.8 Å². The fourth-order valence-corrected chi connectivity index (χ4v) is 3.83. The number of anilines is 1. The summed E-state index contributed by atoms with van der Waals surface area (Å²) in [6.45, 7) is 17.7. The van der Waals surface area contributed by atoms with Gasteiger partial charge in [-0.3, -0.25) is 0 Å². The largest absolute Gasteiger partial charge is 0.460 e. The van der Waals surface area contributed by atoms with Crippen LogP contribution in [0, 0.1) is 0 Å². The summed E-state index contributed by atoms with van der Waals surface area (Å²) in [6, 6.07) is 7.29. The predicted molar refractivity (Wildman–Crippen MR) is 189 cm³/mol. The molecule has 0 aliphatic carbocycles. The van der Waals surface area contributed by atoms with Crippen molar-refractivity contribution in [3.8, 4) is 0 Å². The molecule has 50 heavy (non-hydrogen) atoms. The molecule has 292 valence electrons. The van der Waals surface area contributed by atoms with E-state index in [4.69, 9.17) is 56.8 Å².